The second-order valence-electron chi connectivity index (χ2n) is 25.6. The number of benzene rings is 9. The van der Waals surface area contributed by atoms with Gasteiger partial charge < -0.3 is 24.7 Å². The molecule has 4 aromatic heterocycles. The van der Waals surface area contributed by atoms with Gasteiger partial charge in [-0.2, -0.15) is 20.4 Å². The Morgan fingerprint density at radius 3 is 1.15 bits per heavy atom. The maximum Gasteiger partial charge on any atom is 1.00 e. The molecule has 0 unspecified atom stereocenters. The molecule has 0 spiro atoms. The summed E-state index contributed by atoms with van der Waals surface area (Å²) < 4.78 is 16.7. The van der Waals surface area contributed by atoms with Crippen molar-refractivity contribution < 1.29 is 113 Å². The molecular weight excluding hydrogens is 1630 g/mol. The number of esters is 2. The summed E-state index contributed by atoms with van der Waals surface area (Å²) in [6.45, 7) is 11.7. The molecule has 13 rings (SSSR count). The van der Waals surface area contributed by atoms with E-state index in [1.807, 2.05) is 169 Å². The molecule has 2 N–H and O–H groups in total. The number of halogens is 2. The number of H-pyrrole nitrogens is 1. The smallest absolute Gasteiger partial charge is 0.662 e. The van der Waals surface area contributed by atoms with Gasteiger partial charge >= 0.3 is 86.8 Å². The number of rotatable bonds is 12. The fraction of sp³-hybridized carbons (Fsp3) is 0.176. The topological polar surface area (TPSA) is 290 Å². The molecule has 0 atom stereocenters. The molecule has 109 heavy (non-hydrogen) atoms. The molecule has 0 amide bonds. The van der Waals surface area contributed by atoms with E-state index in [0.717, 1.165) is 69.4 Å². The van der Waals surface area contributed by atoms with Crippen LogP contribution in [0, 0.1) is 23.7 Å². The quantitative estimate of drug-likeness (QED) is 0.0378. The molecule has 4 heterocycles. The van der Waals surface area contributed by atoms with Crippen molar-refractivity contribution in [1.29, 1.82) is 0 Å². The Labute approximate surface area is 704 Å². The first-order chi connectivity index (χ1) is 50.8. The van der Waals surface area contributed by atoms with Gasteiger partial charge in [-0.05, 0) is 154 Å². The van der Waals surface area contributed by atoms with Gasteiger partial charge in [0, 0.05) is 54.5 Å². The first-order valence-corrected chi connectivity index (χ1v) is 34.4. The van der Waals surface area contributed by atoms with E-state index in [9.17, 15) is 33.6 Å². The van der Waals surface area contributed by atoms with Crippen LogP contribution in [0.1, 0.15) is 126 Å². The number of carboxylic acids is 1. The Kier molecular flexibility index (Phi) is 33.5. The second kappa shape index (κ2) is 41.7. The number of nitrogens with one attached hydrogen (secondary N) is 1. The summed E-state index contributed by atoms with van der Waals surface area (Å²) in [5, 5.41) is 41.9. The van der Waals surface area contributed by atoms with Crippen LogP contribution in [0.4, 0.5) is 0 Å². The van der Waals surface area contributed by atoms with Crippen LogP contribution >= 0.6 is 31.9 Å². The first kappa shape index (κ1) is 87.4. The third-order valence-electron chi connectivity index (χ3n) is 15.3. The average molecular weight is 1710 g/mol. The van der Waals surface area contributed by atoms with E-state index < -0.39 is 17.2 Å². The van der Waals surface area contributed by atoms with E-state index in [4.69, 9.17) is 24.6 Å². The van der Waals surface area contributed by atoms with Crippen molar-refractivity contribution in [3.8, 4) is 23.7 Å². The summed E-state index contributed by atoms with van der Waals surface area (Å²) in [6.07, 6.45) is 7.95. The van der Waals surface area contributed by atoms with Crippen LogP contribution in [-0.4, -0.2) is 80.2 Å². The Morgan fingerprint density at radius 1 is 0.468 bits per heavy atom. The molecular formula is C85H77Br2CsN8O13. The molecule has 24 heteroatoms. The Hall–Kier alpha value is -10.5. The zero-order chi connectivity index (χ0) is 75.9. The molecule has 0 fully saturated rings. The van der Waals surface area contributed by atoms with Gasteiger partial charge in [0.1, 0.15) is 11.2 Å². The normalized spacial score (nSPS) is 10.4. The molecule has 0 aliphatic rings. The van der Waals surface area contributed by atoms with Crippen molar-refractivity contribution in [3.05, 3.63) is 337 Å². The fourth-order valence-electron chi connectivity index (χ4n) is 10.2. The third-order valence-corrected chi connectivity index (χ3v) is 16.3. The van der Waals surface area contributed by atoms with Crippen molar-refractivity contribution in [2.75, 3.05) is 0 Å². The van der Waals surface area contributed by atoms with Crippen LogP contribution in [0.5, 0.6) is 0 Å². The van der Waals surface area contributed by atoms with Crippen molar-refractivity contribution in [1.82, 2.24) is 39.5 Å². The van der Waals surface area contributed by atoms with Crippen LogP contribution in [0.15, 0.2) is 259 Å². The molecule has 0 saturated heterocycles. The number of aromatic amines is 1. The summed E-state index contributed by atoms with van der Waals surface area (Å²) in [5.74, 6) is 10.9. The number of ether oxygens (including phenoxy) is 2. The van der Waals surface area contributed by atoms with Gasteiger partial charge in [0.25, 0.3) is 28.7 Å². The van der Waals surface area contributed by atoms with Gasteiger partial charge in [0.2, 0.25) is 0 Å². The van der Waals surface area contributed by atoms with Gasteiger partial charge in [0.15, 0.2) is 0 Å². The molecule has 0 aliphatic carbocycles. The van der Waals surface area contributed by atoms with Crippen LogP contribution in [0.25, 0.3) is 43.1 Å². The average Bonchev–Trinajstić information content (AvgIpc) is 0.809. The summed E-state index contributed by atoms with van der Waals surface area (Å²) in [4.78, 5) is 96.3. The standard InChI is InChI=1S/C29H26N2O3.C25H18N2O3.C20H19BrN2O3.C8H5BrN2O.CH2O3.2CH4.Cs/c1-29(2,3)34-28(33)24-15-13-23(14-16-24)20-31-27(32)26-18-22(12-17-25(26)19-30-31)11-7-10-21-8-5-4-6-9-21;28-24-23-15-19(8-4-7-18-5-2-1-3-6-18)9-14-22(23)16-26-27(24)17-20-10-12-21(13-11-20)25(29)30;1-20(2,3)26-19(25)14-6-4-13(5-7-14)12-23-18(24)17-10-16(21)9-8-15(17)11-22-23;9-6-2-1-5-4-10-11-8(12)7(5)3-6;2-1-4-3;;;/h4-6,8-9,12-19H,10,20H2,1-3H3;1-3,5-6,9-16H,7,17H2,(H,29,30);4-11H,12H2,1-3H3;1-4H,(H,11,12);1,3H;2*1H4;/q;;;;;;;+1/p-1. The number of fused-ring (bicyclic) bond motifs is 4. The molecule has 21 nitrogen and oxygen atoms in total. The minimum Gasteiger partial charge on any atom is -0.662 e. The number of carbonyl (C=O) groups excluding carboxylic acids is 3. The molecule has 0 aliphatic heterocycles. The first-order valence-electron chi connectivity index (χ1n) is 32.8. The molecule has 9 aromatic carbocycles. The number of aromatic carboxylic acids is 1. The Bertz CT molecular complexity index is 5710. The van der Waals surface area contributed by atoms with Gasteiger partial charge in [-0.1, -0.05) is 192 Å². The fourth-order valence-corrected chi connectivity index (χ4v) is 10.9. The van der Waals surface area contributed by atoms with Crippen molar-refractivity contribution in [2.45, 2.75) is 100 Å². The van der Waals surface area contributed by atoms with E-state index in [0.29, 0.717) is 58.6 Å². The molecule has 0 radical (unpaired) electrons. The minimum atomic E-state index is -0.983. The van der Waals surface area contributed by atoms with E-state index >= 15 is 0 Å². The van der Waals surface area contributed by atoms with Crippen LogP contribution in [0.3, 0.4) is 0 Å². The Morgan fingerprint density at radius 2 is 0.798 bits per heavy atom. The van der Waals surface area contributed by atoms with Crippen molar-refractivity contribution in [3.63, 3.8) is 0 Å². The third kappa shape index (κ3) is 26.4. The van der Waals surface area contributed by atoms with E-state index in [2.05, 4.69) is 85.9 Å². The minimum absolute atomic E-state index is 0. The number of carbonyl (C=O) groups is 4. The van der Waals surface area contributed by atoms with E-state index in [-0.39, 0.29) is 137 Å². The van der Waals surface area contributed by atoms with Crippen LogP contribution in [0.2, 0.25) is 0 Å². The van der Waals surface area contributed by atoms with Gasteiger partial charge in [0.05, 0.1) is 82.7 Å². The summed E-state index contributed by atoms with van der Waals surface area (Å²) in [5.41, 5.74) is 5.77. The van der Waals surface area contributed by atoms with E-state index in [1.165, 1.54) is 26.2 Å². The van der Waals surface area contributed by atoms with Crippen molar-refractivity contribution >= 4 is 99.3 Å². The predicted octanol–water partition coefficient (Wildman–Crippen LogP) is 11.3. The van der Waals surface area contributed by atoms with Crippen LogP contribution < -0.4 is 96.4 Å². The van der Waals surface area contributed by atoms with Crippen LogP contribution in [-0.2, 0) is 51.6 Å². The number of hydrogen-bond donors (Lipinski definition) is 2. The Balaban J connectivity index is 0.000000230. The molecule has 550 valence electrons. The second-order valence-corrected chi connectivity index (χ2v) is 27.4. The van der Waals surface area contributed by atoms with Gasteiger partial charge in [-0.15, -0.1) is 0 Å². The number of nitrogens with zero attached hydrogens (tertiary/aromatic N) is 7. The monoisotopic (exact) mass is 1710 g/mol. The zero-order valence-corrected chi connectivity index (χ0v) is 68.7. The molecule has 0 saturated carbocycles. The number of carboxylic acid groups (broad SMARTS) is 1. The molecule has 0 bridgehead atoms. The van der Waals surface area contributed by atoms with Crippen molar-refractivity contribution in [2.24, 2.45) is 0 Å². The van der Waals surface area contributed by atoms with Gasteiger partial charge in [-0.3, -0.25) is 24.0 Å². The summed E-state index contributed by atoms with van der Waals surface area (Å²) in [6, 6.07) is 62.6. The molecule has 13 aromatic rings. The zero-order valence-electron chi connectivity index (χ0n) is 59.3. The largest absolute Gasteiger partial charge is 1.00 e. The number of hydrogen-bond acceptors (Lipinski definition) is 16. The maximum atomic E-state index is 13.1. The van der Waals surface area contributed by atoms with E-state index in [1.54, 1.807) is 91.5 Å². The predicted molar refractivity (Wildman–Crippen MR) is 424 cm³/mol. The summed E-state index contributed by atoms with van der Waals surface area (Å²) in [7, 11) is 0. The number of aromatic nitrogens is 8. The SMILES string of the molecule is C.C.CC(C)(C)OC(=O)c1ccc(Cn2ncc3ccc(Br)cc3c2=O)cc1.CC(C)(C)OC(=O)c1ccc(Cn2ncc3ccc(C#CCc4ccccc4)cc3c2=O)cc1.O=C(O)c1ccc(Cn2ncc3ccc(C#CCc4ccccc4)cc3c2=O)cc1.O=CO[O-].O=c1[nH]ncc2ccc(Br)cc12.[Cs+]. The van der Waals surface area contributed by atoms with Gasteiger partial charge in [-0.25, -0.2) is 33.5 Å². The summed E-state index contributed by atoms with van der Waals surface area (Å²) >= 11 is 6.68. The maximum absolute atomic E-state index is 13.1.